The maximum absolute atomic E-state index is 12.8. The number of hydrogen-bond acceptors (Lipinski definition) is 3. The Kier molecular flexibility index (Phi) is 8.47. The summed E-state index contributed by atoms with van der Waals surface area (Å²) in [4.78, 5) is 31.7. The predicted molar refractivity (Wildman–Crippen MR) is 125 cm³/mol. The summed E-state index contributed by atoms with van der Waals surface area (Å²) >= 11 is 0. The molecule has 6 heteroatoms. The fraction of sp³-hybridized carbons (Fsp3) is 0.440. The lowest BCUT2D eigenvalue weighted by Crippen LogP contribution is -2.49. The van der Waals surface area contributed by atoms with Crippen LogP contribution in [0.2, 0.25) is 0 Å². The van der Waals surface area contributed by atoms with Crippen LogP contribution in [0.15, 0.2) is 60.7 Å². The Morgan fingerprint density at radius 2 is 1.58 bits per heavy atom. The molecule has 31 heavy (non-hydrogen) atoms. The Morgan fingerprint density at radius 3 is 2.19 bits per heavy atom. The topological polar surface area (TPSA) is 55.9 Å². The average Bonchev–Trinajstić information content (AvgIpc) is 2.80. The number of carbonyl (C=O) groups is 2. The summed E-state index contributed by atoms with van der Waals surface area (Å²) in [5.41, 5.74) is 2.07. The number of piperazine rings is 1. The second-order valence-electron chi connectivity index (χ2n) is 8.14. The number of anilines is 1. The van der Waals surface area contributed by atoms with Crippen LogP contribution < -0.4 is 5.32 Å². The van der Waals surface area contributed by atoms with Gasteiger partial charge in [0, 0.05) is 57.4 Å². The first kappa shape index (κ1) is 22.8. The Balaban J connectivity index is 1.47. The first-order valence-electron chi connectivity index (χ1n) is 11.2. The minimum Gasteiger partial charge on any atom is -0.340 e. The Morgan fingerprint density at radius 1 is 0.968 bits per heavy atom. The molecule has 0 aromatic heterocycles. The van der Waals surface area contributed by atoms with Gasteiger partial charge in [-0.25, -0.2) is 4.79 Å². The molecule has 166 valence electrons. The molecule has 1 saturated heterocycles. The smallest absolute Gasteiger partial charge is 0.322 e. The highest BCUT2D eigenvalue weighted by Crippen LogP contribution is 2.13. The van der Waals surface area contributed by atoms with Crippen molar-refractivity contribution in [1.29, 1.82) is 0 Å². The number of hydrogen-bond donors (Lipinski definition) is 1. The molecule has 2 aromatic carbocycles. The van der Waals surface area contributed by atoms with Crippen LogP contribution in [0.25, 0.3) is 0 Å². The van der Waals surface area contributed by atoms with Gasteiger partial charge in [-0.05, 0) is 31.0 Å². The molecular weight excluding hydrogens is 388 g/mol. The average molecular weight is 423 g/mol. The minimum atomic E-state index is -0.152. The zero-order chi connectivity index (χ0) is 22.1. The molecule has 1 heterocycles. The van der Waals surface area contributed by atoms with E-state index in [4.69, 9.17) is 0 Å². The van der Waals surface area contributed by atoms with Crippen LogP contribution in [-0.2, 0) is 11.3 Å². The van der Waals surface area contributed by atoms with E-state index in [1.54, 1.807) is 4.90 Å². The van der Waals surface area contributed by atoms with Crippen LogP contribution in [0.3, 0.4) is 0 Å². The van der Waals surface area contributed by atoms with Gasteiger partial charge in [0.25, 0.3) is 0 Å². The van der Waals surface area contributed by atoms with Crippen LogP contribution in [0.5, 0.6) is 0 Å². The van der Waals surface area contributed by atoms with E-state index in [-0.39, 0.29) is 18.0 Å². The minimum absolute atomic E-state index is 0.0687. The summed E-state index contributed by atoms with van der Waals surface area (Å²) in [6, 6.07) is 19.8. The molecule has 1 N–H and O–H groups in total. The molecule has 3 amide bonds. The predicted octanol–water partition coefficient (Wildman–Crippen LogP) is 4.05. The van der Waals surface area contributed by atoms with Crippen LogP contribution in [0.1, 0.15) is 32.3 Å². The quantitative estimate of drug-likeness (QED) is 0.698. The zero-order valence-electron chi connectivity index (χ0n) is 18.7. The van der Waals surface area contributed by atoms with Gasteiger partial charge in [0.2, 0.25) is 5.91 Å². The molecule has 0 aliphatic carbocycles. The van der Waals surface area contributed by atoms with Crippen molar-refractivity contribution < 1.29 is 9.59 Å². The molecule has 1 aliphatic heterocycles. The maximum atomic E-state index is 12.8. The second kappa shape index (κ2) is 11.5. The lowest BCUT2D eigenvalue weighted by molar-refractivity contribution is -0.133. The Bertz CT molecular complexity index is 820. The van der Waals surface area contributed by atoms with Gasteiger partial charge in [-0.3, -0.25) is 9.69 Å². The summed E-state index contributed by atoms with van der Waals surface area (Å²) < 4.78 is 0. The second-order valence-corrected chi connectivity index (χ2v) is 8.14. The summed E-state index contributed by atoms with van der Waals surface area (Å²) in [7, 11) is 0. The van der Waals surface area contributed by atoms with Gasteiger partial charge in [0.1, 0.15) is 0 Å². The highest BCUT2D eigenvalue weighted by molar-refractivity contribution is 5.89. The van der Waals surface area contributed by atoms with E-state index in [1.165, 1.54) is 5.56 Å². The molecule has 0 radical (unpaired) electrons. The van der Waals surface area contributed by atoms with Crippen molar-refractivity contribution in [2.75, 3.05) is 38.0 Å². The molecule has 1 atom stereocenters. The maximum Gasteiger partial charge on any atom is 0.322 e. The molecule has 2 aromatic rings. The standard InChI is InChI=1S/C25H34N4O2/c1-3-21(2)29(25(31)26-23-12-8-5-9-13-23)15-14-24(30)28-18-16-27(17-19-28)20-22-10-6-4-7-11-22/h4-13,21H,3,14-20H2,1-2H3,(H,26,31). The van der Waals surface area contributed by atoms with E-state index in [9.17, 15) is 9.59 Å². The Hall–Kier alpha value is -2.86. The number of amides is 3. The van der Waals surface area contributed by atoms with Gasteiger partial charge in [0.15, 0.2) is 0 Å². The molecule has 1 unspecified atom stereocenters. The van der Waals surface area contributed by atoms with Crippen molar-refractivity contribution >= 4 is 17.6 Å². The van der Waals surface area contributed by atoms with Gasteiger partial charge >= 0.3 is 6.03 Å². The monoisotopic (exact) mass is 422 g/mol. The third-order valence-corrected chi connectivity index (χ3v) is 5.95. The molecule has 1 fully saturated rings. The first-order chi connectivity index (χ1) is 15.1. The molecule has 1 aliphatic rings. The number of urea groups is 1. The molecule has 3 rings (SSSR count). The fourth-order valence-electron chi connectivity index (χ4n) is 3.83. The number of nitrogens with zero attached hydrogens (tertiary/aromatic N) is 3. The van der Waals surface area contributed by atoms with E-state index in [2.05, 4.69) is 41.4 Å². The van der Waals surface area contributed by atoms with Gasteiger partial charge in [-0.15, -0.1) is 0 Å². The normalized spacial score (nSPS) is 15.4. The van der Waals surface area contributed by atoms with E-state index >= 15 is 0 Å². The van der Waals surface area contributed by atoms with Crippen LogP contribution in [0.4, 0.5) is 10.5 Å². The summed E-state index contributed by atoms with van der Waals surface area (Å²) in [5, 5.41) is 2.94. The number of nitrogens with one attached hydrogen (secondary N) is 1. The van der Waals surface area contributed by atoms with Gasteiger partial charge in [0.05, 0.1) is 0 Å². The van der Waals surface area contributed by atoms with E-state index in [0.717, 1.165) is 44.8 Å². The zero-order valence-corrected chi connectivity index (χ0v) is 18.7. The fourth-order valence-corrected chi connectivity index (χ4v) is 3.83. The third kappa shape index (κ3) is 6.82. The van der Waals surface area contributed by atoms with Crippen molar-refractivity contribution in [3.05, 3.63) is 66.2 Å². The summed E-state index contributed by atoms with van der Waals surface area (Å²) in [5.74, 6) is 0.125. The van der Waals surface area contributed by atoms with E-state index < -0.39 is 0 Å². The van der Waals surface area contributed by atoms with Gasteiger partial charge in [-0.2, -0.15) is 0 Å². The molecule has 0 bridgehead atoms. The van der Waals surface area contributed by atoms with Gasteiger partial charge in [-0.1, -0.05) is 55.5 Å². The van der Waals surface area contributed by atoms with Crippen molar-refractivity contribution in [2.45, 2.75) is 39.3 Å². The van der Waals surface area contributed by atoms with Crippen LogP contribution >= 0.6 is 0 Å². The highest BCUT2D eigenvalue weighted by atomic mass is 16.2. The summed E-state index contributed by atoms with van der Waals surface area (Å²) in [6.07, 6.45) is 1.19. The number of rotatable bonds is 8. The van der Waals surface area contributed by atoms with Crippen molar-refractivity contribution in [1.82, 2.24) is 14.7 Å². The molecule has 0 spiro atoms. The number of para-hydroxylation sites is 1. The van der Waals surface area contributed by atoms with Crippen LogP contribution in [0, 0.1) is 0 Å². The van der Waals surface area contributed by atoms with E-state index in [0.29, 0.717) is 13.0 Å². The molecular formula is C25H34N4O2. The van der Waals surface area contributed by atoms with E-state index in [1.807, 2.05) is 48.2 Å². The lowest BCUT2D eigenvalue weighted by Gasteiger charge is -2.35. The largest absolute Gasteiger partial charge is 0.340 e. The van der Waals surface area contributed by atoms with Crippen molar-refractivity contribution in [3.8, 4) is 0 Å². The Labute approximate surface area is 185 Å². The van der Waals surface area contributed by atoms with Gasteiger partial charge < -0.3 is 15.1 Å². The third-order valence-electron chi connectivity index (χ3n) is 5.95. The van der Waals surface area contributed by atoms with Crippen molar-refractivity contribution in [3.63, 3.8) is 0 Å². The highest BCUT2D eigenvalue weighted by Gasteiger charge is 2.24. The summed E-state index contributed by atoms with van der Waals surface area (Å²) in [6.45, 7) is 8.67. The number of benzene rings is 2. The molecule has 6 nitrogen and oxygen atoms in total. The van der Waals surface area contributed by atoms with Crippen LogP contribution in [-0.4, -0.2) is 65.4 Å². The lowest BCUT2D eigenvalue weighted by atomic mass is 10.2. The van der Waals surface area contributed by atoms with Crippen molar-refractivity contribution in [2.24, 2.45) is 0 Å². The SMILES string of the molecule is CCC(C)N(CCC(=O)N1CCN(Cc2ccccc2)CC1)C(=O)Nc1ccccc1. The molecule has 0 saturated carbocycles. The number of carbonyl (C=O) groups excluding carboxylic acids is 2. The first-order valence-corrected chi connectivity index (χ1v) is 11.2.